The number of aryl methyl sites for hydroxylation is 1. The Labute approximate surface area is 149 Å². The van der Waals surface area contributed by atoms with E-state index in [-0.39, 0.29) is 11.3 Å². The van der Waals surface area contributed by atoms with Gasteiger partial charge in [-0.3, -0.25) is 4.79 Å². The number of carbonyl (C=O) groups is 1. The molecule has 130 valence electrons. The zero-order valence-electron chi connectivity index (χ0n) is 15.0. The van der Waals surface area contributed by atoms with Gasteiger partial charge in [0.1, 0.15) is 5.69 Å². The Morgan fingerprint density at radius 3 is 2.60 bits per heavy atom. The lowest BCUT2D eigenvalue weighted by Gasteiger charge is -2.48. The van der Waals surface area contributed by atoms with E-state index in [2.05, 4.69) is 41.2 Å². The molecule has 1 aromatic carbocycles. The van der Waals surface area contributed by atoms with Gasteiger partial charge in [0.2, 0.25) is 0 Å². The highest BCUT2D eigenvalue weighted by atomic mass is 16.2. The van der Waals surface area contributed by atoms with Gasteiger partial charge in [-0.15, -0.1) is 0 Å². The number of fused-ring (bicyclic) bond motifs is 2. The summed E-state index contributed by atoms with van der Waals surface area (Å²) in [5, 5.41) is 0. The van der Waals surface area contributed by atoms with Crippen LogP contribution >= 0.6 is 0 Å². The maximum Gasteiger partial charge on any atom is 0.272 e. The van der Waals surface area contributed by atoms with Crippen molar-refractivity contribution in [1.29, 1.82) is 0 Å². The lowest BCUT2D eigenvalue weighted by atomic mass is 9.69. The third kappa shape index (κ3) is 2.95. The summed E-state index contributed by atoms with van der Waals surface area (Å²) >= 11 is 0. The van der Waals surface area contributed by atoms with E-state index in [0.717, 1.165) is 38.2 Å². The van der Waals surface area contributed by atoms with Crippen molar-refractivity contribution in [2.24, 2.45) is 0 Å². The molecule has 0 atom stereocenters. The molecule has 0 radical (unpaired) electrons. The average molecular weight is 335 g/mol. The molecule has 2 aromatic rings. The molecule has 25 heavy (non-hydrogen) atoms. The number of likely N-dealkylation sites (tertiary alicyclic amines) is 1. The molecule has 3 heterocycles. The van der Waals surface area contributed by atoms with E-state index in [0.29, 0.717) is 12.2 Å². The number of hydrogen-bond acceptors (Lipinski definition) is 3. The lowest BCUT2D eigenvalue weighted by molar-refractivity contribution is 0.0592. The topological polar surface area (TPSA) is 36.4 Å². The second kappa shape index (κ2) is 6.26. The zero-order chi connectivity index (χ0) is 17.4. The number of amides is 1. The lowest BCUT2D eigenvalue weighted by Crippen LogP contribution is -2.52. The van der Waals surface area contributed by atoms with Gasteiger partial charge in [-0.2, -0.15) is 0 Å². The Kier molecular flexibility index (Phi) is 4.08. The highest BCUT2D eigenvalue weighted by molar-refractivity contribution is 5.92. The number of rotatable bonds is 1. The van der Waals surface area contributed by atoms with Crippen LogP contribution in [0, 0.1) is 6.92 Å². The van der Waals surface area contributed by atoms with Crippen LogP contribution in [0.2, 0.25) is 0 Å². The van der Waals surface area contributed by atoms with Crippen molar-refractivity contribution >= 4 is 5.91 Å². The van der Waals surface area contributed by atoms with E-state index in [4.69, 9.17) is 0 Å². The molecular weight excluding hydrogens is 310 g/mol. The minimum atomic E-state index is 0.0523. The molecule has 0 aliphatic carbocycles. The zero-order valence-corrected chi connectivity index (χ0v) is 15.0. The standard InChI is InChI=1S/C21H25N3O/c1-16-6-5-9-19(22-16)20(25)24-14-17-7-3-4-8-18(17)21(15-24)10-12-23(2)13-11-21/h3-9H,10-15H2,1-2H3. The number of piperidine rings is 1. The molecule has 1 amide bonds. The minimum absolute atomic E-state index is 0.0523. The number of pyridine rings is 1. The smallest absolute Gasteiger partial charge is 0.272 e. The molecule has 0 unspecified atom stereocenters. The normalized spacial score (nSPS) is 19.7. The summed E-state index contributed by atoms with van der Waals surface area (Å²) in [5.74, 6) is 0.0523. The molecule has 1 fully saturated rings. The van der Waals surface area contributed by atoms with Crippen LogP contribution in [0.3, 0.4) is 0 Å². The fourth-order valence-electron chi connectivity index (χ4n) is 4.33. The van der Waals surface area contributed by atoms with Gasteiger partial charge in [0.25, 0.3) is 5.91 Å². The van der Waals surface area contributed by atoms with Gasteiger partial charge < -0.3 is 9.80 Å². The third-order valence-electron chi connectivity index (χ3n) is 5.78. The molecule has 1 spiro atoms. The first-order valence-corrected chi connectivity index (χ1v) is 9.07. The van der Waals surface area contributed by atoms with E-state index in [9.17, 15) is 4.79 Å². The molecule has 4 rings (SSSR count). The molecule has 0 N–H and O–H groups in total. The molecule has 0 saturated carbocycles. The number of hydrogen-bond donors (Lipinski definition) is 0. The van der Waals surface area contributed by atoms with Crippen LogP contribution in [0.1, 0.15) is 40.2 Å². The van der Waals surface area contributed by atoms with Gasteiger partial charge >= 0.3 is 0 Å². The highest BCUT2D eigenvalue weighted by Gasteiger charge is 2.42. The Morgan fingerprint density at radius 1 is 1.08 bits per heavy atom. The molecule has 0 bridgehead atoms. The predicted molar refractivity (Wildman–Crippen MR) is 98.6 cm³/mol. The maximum absolute atomic E-state index is 13.1. The van der Waals surface area contributed by atoms with Crippen LogP contribution in [0.15, 0.2) is 42.5 Å². The fourth-order valence-corrected chi connectivity index (χ4v) is 4.33. The van der Waals surface area contributed by atoms with Crippen molar-refractivity contribution in [2.45, 2.75) is 31.7 Å². The van der Waals surface area contributed by atoms with E-state index < -0.39 is 0 Å². The summed E-state index contributed by atoms with van der Waals surface area (Å²) in [6, 6.07) is 14.3. The van der Waals surface area contributed by atoms with Crippen LogP contribution in [0.4, 0.5) is 0 Å². The Balaban J connectivity index is 1.69. The van der Waals surface area contributed by atoms with Crippen LogP contribution in [-0.4, -0.2) is 47.4 Å². The molecule has 4 heteroatoms. The summed E-state index contributed by atoms with van der Waals surface area (Å²) in [4.78, 5) is 22.0. The van der Waals surface area contributed by atoms with Gasteiger partial charge in [0.15, 0.2) is 0 Å². The quantitative estimate of drug-likeness (QED) is 0.804. The van der Waals surface area contributed by atoms with Crippen LogP contribution < -0.4 is 0 Å². The van der Waals surface area contributed by atoms with Gasteiger partial charge in [0.05, 0.1) is 0 Å². The van der Waals surface area contributed by atoms with Crippen molar-refractivity contribution in [3.8, 4) is 0 Å². The molecule has 1 aromatic heterocycles. The van der Waals surface area contributed by atoms with E-state index in [1.165, 1.54) is 11.1 Å². The van der Waals surface area contributed by atoms with Crippen LogP contribution in [0.5, 0.6) is 0 Å². The van der Waals surface area contributed by atoms with Crippen molar-refractivity contribution in [3.63, 3.8) is 0 Å². The Morgan fingerprint density at radius 2 is 1.84 bits per heavy atom. The van der Waals surface area contributed by atoms with Gasteiger partial charge in [-0.1, -0.05) is 30.3 Å². The number of nitrogens with zero attached hydrogens (tertiary/aromatic N) is 3. The molecule has 1 saturated heterocycles. The first-order chi connectivity index (χ1) is 12.1. The highest BCUT2D eigenvalue weighted by Crippen LogP contribution is 2.41. The second-order valence-corrected chi connectivity index (χ2v) is 7.57. The summed E-state index contributed by atoms with van der Waals surface area (Å²) in [6.45, 7) is 5.58. The Hall–Kier alpha value is -2.20. The summed E-state index contributed by atoms with van der Waals surface area (Å²) in [6.07, 6.45) is 2.21. The van der Waals surface area contributed by atoms with Crippen molar-refractivity contribution in [1.82, 2.24) is 14.8 Å². The summed E-state index contributed by atoms with van der Waals surface area (Å²) < 4.78 is 0. The summed E-state index contributed by atoms with van der Waals surface area (Å²) in [7, 11) is 2.18. The maximum atomic E-state index is 13.1. The molecular formula is C21H25N3O. The van der Waals surface area contributed by atoms with Gasteiger partial charge in [0, 0.05) is 24.2 Å². The van der Waals surface area contributed by atoms with Crippen LogP contribution in [-0.2, 0) is 12.0 Å². The average Bonchev–Trinajstić information content (AvgIpc) is 2.63. The molecule has 2 aliphatic rings. The number of aromatic nitrogens is 1. The first kappa shape index (κ1) is 16.3. The van der Waals surface area contributed by atoms with Gasteiger partial charge in [-0.05, 0) is 63.2 Å². The van der Waals surface area contributed by atoms with Crippen molar-refractivity contribution in [2.75, 3.05) is 26.7 Å². The molecule has 2 aliphatic heterocycles. The number of benzene rings is 1. The Bertz CT molecular complexity index is 793. The predicted octanol–water partition coefficient (Wildman–Crippen LogP) is 3.01. The van der Waals surface area contributed by atoms with Crippen molar-refractivity contribution < 1.29 is 4.79 Å². The number of carbonyl (C=O) groups excluding carboxylic acids is 1. The summed E-state index contributed by atoms with van der Waals surface area (Å²) in [5.41, 5.74) is 4.27. The van der Waals surface area contributed by atoms with E-state index in [1.54, 1.807) is 0 Å². The monoisotopic (exact) mass is 335 g/mol. The fraction of sp³-hybridized carbons (Fsp3) is 0.429. The van der Waals surface area contributed by atoms with Crippen molar-refractivity contribution in [3.05, 3.63) is 65.0 Å². The van der Waals surface area contributed by atoms with Crippen LogP contribution in [0.25, 0.3) is 0 Å². The van der Waals surface area contributed by atoms with E-state index >= 15 is 0 Å². The first-order valence-electron chi connectivity index (χ1n) is 9.07. The van der Waals surface area contributed by atoms with E-state index in [1.807, 2.05) is 30.0 Å². The third-order valence-corrected chi connectivity index (χ3v) is 5.78. The molecule has 4 nitrogen and oxygen atoms in total. The SMILES string of the molecule is Cc1cccc(C(=O)N2Cc3ccccc3C3(CCN(C)CC3)C2)n1. The van der Waals surface area contributed by atoms with Gasteiger partial charge in [-0.25, -0.2) is 4.98 Å². The second-order valence-electron chi connectivity index (χ2n) is 7.57. The largest absolute Gasteiger partial charge is 0.332 e. The minimum Gasteiger partial charge on any atom is -0.332 e.